The maximum absolute atomic E-state index is 12.7. The normalized spacial score (nSPS) is 19.1. The molecule has 1 fully saturated rings. The van der Waals surface area contributed by atoms with Crippen LogP contribution >= 0.6 is 11.8 Å². The zero-order valence-electron chi connectivity index (χ0n) is 13.6. The van der Waals surface area contributed by atoms with Gasteiger partial charge in [-0.05, 0) is 23.3 Å². The number of hydrogen-bond acceptors (Lipinski definition) is 4. The third kappa shape index (κ3) is 4.12. The summed E-state index contributed by atoms with van der Waals surface area (Å²) in [5.74, 6) is 1.69. The molecule has 0 spiro atoms. The van der Waals surface area contributed by atoms with E-state index in [0.29, 0.717) is 13.1 Å². The largest absolute Gasteiger partial charge is 0.497 e. The van der Waals surface area contributed by atoms with Gasteiger partial charge in [0.05, 0.1) is 12.9 Å². The highest BCUT2D eigenvalue weighted by atomic mass is 32.2. The molecule has 0 amide bonds. The van der Waals surface area contributed by atoms with Gasteiger partial charge in [0.15, 0.2) is 0 Å². The highest BCUT2D eigenvalue weighted by molar-refractivity contribution is 7.99. The monoisotopic (exact) mass is 363 g/mol. The van der Waals surface area contributed by atoms with Crippen LogP contribution in [0.2, 0.25) is 0 Å². The zero-order valence-corrected chi connectivity index (χ0v) is 15.2. The van der Waals surface area contributed by atoms with Gasteiger partial charge in [0.1, 0.15) is 5.75 Å². The van der Waals surface area contributed by atoms with E-state index < -0.39 is 10.0 Å². The molecule has 1 atom stereocenters. The lowest BCUT2D eigenvalue weighted by Gasteiger charge is -2.32. The summed E-state index contributed by atoms with van der Waals surface area (Å²) < 4.78 is 32.3. The number of ether oxygens (including phenoxy) is 1. The van der Waals surface area contributed by atoms with Gasteiger partial charge in [-0.15, -0.1) is 0 Å². The number of benzene rings is 2. The number of rotatable bonds is 5. The fourth-order valence-electron chi connectivity index (χ4n) is 2.77. The standard InChI is InChI=1S/C18H21NO3S2/c1-22-17-9-7-16(8-10-17)18-13-19(11-12-23-18)24(20,21)14-15-5-3-2-4-6-15/h2-10,18H,11-14H2,1H3. The average Bonchev–Trinajstić information content (AvgIpc) is 2.62. The van der Waals surface area contributed by atoms with Gasteiger partial charge in [-0.1, -0.05) is 42.5 Å². The van der Waals surface area contributed by atoms with Gasteiger partial charge < -0.3 is 4.74 Å². The van der Waals surface area contributed by atoms with Crippen molar-refractivity contribution in [1.29, 1.82) is 0 Å². The summed E-state index contributed by atoms with van der Waals surface area (Å²) >= 11 is 1.81. The molecular weight excluding hydrogens is 342 g/mol. The predicted molar refractivity (Wildman–Crippen MR) is 98.8 cm³/mol. The molecule has 0 saturated carbocycles. The minimum absolute atomic E-state index is 0.0633. The third-order valence-electron chi connectivity index (χ3n) is 4.10. The molecule has 3 rings (SSSR count). The minimum Gasteiger partial charge on any atom is -0.497 e. The first-order valence-electron chi connectivity index (χ1n) is 7.86. The van der Waals surface area contributed by atoms with Crippen LogP contribution in [-0.4, -0.2) is 38.7 Å². The Labute approximate surface area is 147 Å². The Morgan fingerprint density at radius 3 is 2.50 bits per heavy atom. The van der Waals surface area contributed by atoms with E-state index in [9.17, 15) is 8.42 Å². The Morgan fingerprint density at radius 1 is 1.12 bits per heavy atom. The quantitative estimate of drug-likeness (QED) is 0.818. The van der Waals surface area contributed by atoms with Crippen LogP contribution in [0.15, 0.2) is 54.6 Å². The summed E-state index contributed by atoms with van der Waals surface area (Å²) in [5.41, 5.74) is 1.97. The Bertz CT molecular complexity index is 761. The lowest BCUT2D eigenvalue weighted by atomic mass is 10.1. The first kappa shape index (κ1) is 17.3. The van der Waals surface area contributed by atoms with Crippen molar-refractivity contribution in [3.8, 4) is 5.75 Å². The predicted octanol–water partition coefficient (Wildman–Crippen LogP) is 3.32. The summed E-state index contributed by atoms with van der Waals surface area (Å²) in [5, 5.41) is 0.162. The second-order valence-corrected chi connectivity index (χ2v) is 9.01. The number of thioether (sulfide) groups is 1. The minimum atomic E-state index is -3.29. The van der Waals surface area contributed by atoms with Crippen molar-refractivity contribution in [3.05, 3.63) is 65.7 Å². The second-order valence-electron chi connectivity index (χ2n) is 5.73. The zero-order chi connectivity index (χ0) is 17.0. The van der Waals surface area contributed by atoms with E-state index in [1.165, 1.54) is 0 Å². The summed E-state index contributed by atoms with van der Waals surface area (Å²) in [6, 6.07) is 17.2. The van der Waals surface area contributed by atoms with Crippen LogP contribution in [0, 0.1) is 0 Å². The molecule has 1 heterocycles. The topological polar surface area (TPSA) is 46.6 Å². The van der Waals surface area contributed by atoms with E-state index in [1.54, 1.807) is 11.4 Å². The maximum atomic E-state index is 12.7. The summed E-state index contributed by atoms with van der Waals surface area (Å²) in [6.45, 7) is 1.10. The second kappa shape index (κ2) is 7.59. The first-order valence-corrected chi connectivity index (χ1v) is 10.5. The lowest BCUT2D eigenvalue weighted by molar-refractivity contribution is 0.412. The molecule has 0 N–H and O–H groups in total. The molecule has 0 bridgehead atoms. The number of sulfonamides is 1. The molecule has 0 aromatic heterocycles. The fourth-order valence-corrected chi connectivity index (χ4v) is 5.77. The highest BCUT2D eigenvalue weighted by Gasteiger charge is 2.30. The van der Waals surface area contributed by atoms with Crippen molar-refractivity contribution in [1.82, 2.24) is 4.31 Å². The van der Waals surface area contributed by atoms with Gasteiger partial charge in [-0.3, -0.25) is 0 Å². The summed E-state index contributed by atoms with van der Waals surface area (Å²) in [4.78, 5) is 0. The molecule has 4 nitrogen and oxygen atoms in total. The van der Waals surface area contributed by atoms with Crippen molar-refractivity contribution in [2.24, 2.45) is 0 Å². The number of hydrogen-bond donors (Lipinski definition) is 0. The van der Waals surface area contributed by atoms with Crippen LogP contribution in [0.5, 0.6) is 5.75 Å². The number of nitrogens with zero attached hydrogens (tertiary/aromatic N) is 1. The molecule has 128 valence electrons. The molecule has 2 aromatic rings. The van der Waals surface area contributed by atoms with Crippen molar-refractivity contribution < 1.29 is 13.2 Å². The van der Waals surface area contributed by atoms with Gasteiger partial charge in [-0.25, -0.2) is 8.42 Å². The van der Waals surface area contributed by atoms with E-state index in [4.69, 9.17) is 4.74 Å². The molecule has 1 aliphatic rings. The Hall–Kier alpha value is -1.50. The van der Waals surface area contributed by atoms with E-state index in [0.717, 1.165) is 22.6 Å². The molecule has 0 radical (unpaired) electrons. The van der Waals surface area contributed by atoms with Gasteiger partial charge in [-0.2, -0.15) is 16.1 Å². The van der Waals surface area contributed by atoms with Crippen LogP contribution in [0.25, 0.3) is 0 Å². The first-order chi connectivity index (χ1) is 11.6. The molecule has 1 unspecified atom stereocenters. The van der Waals surface area contributed by atoms with E-state index in [2.05, 4.69) is 0 Å². The van der Waals surface area contributed by atoms with Crippen molar-refractivity contribution in [2.75, 3.05) is 26.0 Å². The highest BCUT2D eigenvalue weighted by Crippen LogP contribution is 2.35. The van der Waals surface area contributed by atoms with Crippen molar-refractivity contribution >= 4 is 21.8 Å². The maximum Gasteiger partial charge on any atom is 0.218 e. The Morgan fingerprint density at radius 2 is 1.83 bits per heavy atom. The van der Waals surface area contributed by atoms with Crippen molar-refractivity contribution in [2.45, 2.75) is 11.0 Å². The van der Waals surface area contributed by atoms with Crippen LogP contribution in [0.1, 0.15) is 16.4 Å². The lowest BCUT2D eigenvalue weighted by Crippen LogP contribution is -2.39. The fraction of sp³-hybridized carbons (Fsp3) is 0.333. The molecule has 1 aliphatic heterocycles. The van der Waals surface area contributed by atoms with Crippen LogP contribution in [0.3, 0.4) is 0 Å². The van der Waals surface area contributed by atoms with E-state index >= 15 is 0 Å². The third-order valence-corrected chi connectivity index (χ3v) is 7.16. The Balaban J connectivity index is 1.72. The average molecular weight is 364 g/mol. The van der Waals surface area contributed by atoms with E-state index in [-0.39, 0.29) is 11.0 Å². The SMILES string of the molecule is COc1ccc(C2CN(S(=O)(=O)Cc3ccccc3)CCS2)cc1. The molecule has 24 heavy (non-hydrogen) atoms. The van der Waals surface area contributed by atoms with Gasteiger partial charge >= 0.3 is 0 Å². The molecular formula is C18H21NO3S2. The van der Waals surface area contributed by atoms with Gasteiger partial charge in [0.25, 0.3) is 0 Å². The molecule has 0 aliphatic carbocycles. The van der Waals surface area contributed by atoms with Crippen LogP contribution in [-0.2, 0) is 15.8 Å². The molecule has 1 saturated heterocycles. The van der Waals surface area contributed by atoms with Gasteiger partial charge in [0, 0.05) is 24.1 Å². The molecule has 2 aromatic carbocycles. The van der Waals surface area contributed by atoms with E-state index in [1.807, 2.05) is 66.4 Å². The number of methoxy groups -OCH3 is 1. The van der Waals surface area contributed by atoms with Gasteiger partial charge in [0.2, 0.25) is 10.0 Å². The van der Waals surface area contributed by atoms with Crippen LogP contribution in [0.4, 0.5) is 0 Å². The summed E-state index contributed by atoms with van der Waals surface area (Å²) in [7, 11) is -1.65. The molecule has 6 heteroatoms. The Kier molecular flexibility index (Phi) is 5.48. The van der Waals surface area contributed by atoms with Crippen molar-refractivity contribution in [3.63, 3.8) is 0 Å². The summed E-state index contributed by atoms with van der Waals surface area (Å²) in [6.07, 6.45) is 0. The van der Waals surface area contributed by atoms with Crippen LogP contribution < -0.4 is 4.74 Å². The smallest absolute Gasteiger partial charge is 0.218 e.